The van der Waals surface area contributed by atoms with E-state index in [1.54, 1.807) is 0 Å². The number of aromatic nitrogens is 1. The van der Waals surface area contributed by atoms with Crippen LogP contribution < -0.4 is 9.47 Å². The molecule has 1 unspecified atom stereocenters. The molecule has 190 valence electrons. The quantitative estimate of drug-likeness (QED) is 0.299. The lowest BCUT2D eigenvalue weighted by atomic mass is 9.86. The lowest BCUT2D eigenvalue weighted by molar-refractivity contribution is -0.132. The van der Waals surface area contributed by atoms with Gasteiger partial charge in [0.25, 0.3) is 0 Å². The van der Waals surface area contributed by atoms with Gasteiger partial charge in [0.05, 0.1) is 0 Å². The van der Waals surface area contributed by atoms with Crippen molar-refractivity contribution in [3.8, 4) is 11.5 Å². The molecule has 4 aromatic rings. The third-order valence-corrected chi connectivity index (χ3v) is 8.05. The summed E-state index contributed by atoms with van der Waals surface area (Å²) in [6, 6.07) is 25.3. The minimum Gasteiger partial charge on any atom is -0.454 e. The SMILES string of the molecule is CCn1cc(C(CC(=O)N2CCC(Cc3ccccc3)CC2)c2ccc3c(c2)OCO3)c2ccccc21. The average Bonchev–Trinajstić information content (AvgIpc) is 3.57. The Morgan fingerprint density at radius 3 is 2.51 bits per heavy atom. The summed E-state index contributed by atoms with van der Waals surface area (Å²) >= 11 is 0. The van der Waals surface area contributed by atoms with Crippen LogP contribution in [0.5, 0.6) is 11.5 Å². The average molecular weight is 495 g/mol. The Kier molecular flexibility index (Phi) is 6.60. The monoisotopic (exact) mass is 494 g/mol. The molecule has 1 fully saturated rings. The van der Waals surface area contributed by atoms with Gasteiger partial charge in [0, 0.05) is 49.1 Å². The van der Waals surface area contributed by atoms with E-state index >= 15 is 0 Å². The van der Waals surface area contributed by atoms with Crippen molar-refractivity contribution >= 4 is 16.8 Å². The van der Waals surface area contributed by atoms with Crippen molar-refractivity contribution in [2.24, 2.45) is 5.92 Å². The molecule has 0 saturated carbocycles. The Labute approximate surface area is 218 Å². The summed E-state index contributed by atoms with van der Waals surface area (Å²) in [5, 5.41) is 1.21. The highest BCUT2D eigenvalue weighted by molar-refractivity contribution is 5.87. The van der Waals surface area contributed by atoms with E-state index in [1.165, 1.54) is 22.0 Å². The number of carbonyl (C=O) groups is 1. The summed E-state index contributed by atoms with van der Waals surface area (Å²) in [5.74, 6) is 2.34. The predicted molar refractivity (Wildman–Crippen MR) is 146 cm³/mol. The lowest BCUT2D eigenvalue weighted by Crippen LogP contribution is -2.39. The Bertz CT molecular complexity index is 1390. The van der Waals surface area contributed by atoms with Crippen molar-refractivity contribution in [1.29, 1.82) is 0 Å². The number of carbonyl (C=O) groups excluding carboxylic acids is 1. The molecule has 1 atom stereocenters. The largest absolute Gasteiger partial charge is 0.454 e. The first-order valence-electron chi connectivity index (χ1n) is 13.5. The smallest absolute Gasteiger partial charge is 0.231 e. The van der Waals surface area contributed by atoms with E-state index in [2.05, 4.69) is 89.3 Å². The second kappa shape index (κ2) is 10.3. The number of benzene rings is 3. The van der Waals surface area contributed by atoms with Crippen LogP contribution in [0.4, 0.5) is 0 Å². The van der Waals surface area contributed by atoms with Gasteiger partial charge in [0.1, 0.15) is 0 Å². The van der Waals surface area contributed by atoms with Crippen LogP contribution in [0.15, 0.2) is 79.0 Å². The fourth-order valence-electron chi connectivity index (χ4n) is 5.99. The molecular weight excluding hydrogens is 460 g/mol. The molecule has 1 aromatic heterocycles. The zero-order chi connectivity index (χ0) is 25.2. The van der Waals surface area contributed by atoms with Gasteiger partial charge in [0.15, 0.2) is 11.5 Å². The van der Waals surface area contributed by atoms with Crippen LogP contribution in [0.1, 0.15) is 48.8 Å². The van der Waals surface area contributed by atoms with Gasteiger partial charge in [-0.15, -0.1) is 0 Å². The summed E-state index contributed by atoms with van der Waals surface area (Å²) in [6.07, 6.45) is 5.90. The molecule has 6 rings (SSSR count). The number of aryl methyl sites for hydroxylation is 1. The van der Waals surface area contributed by atoms with Crippen LogP contribution in [0.2, 0.25) is 0 Å². The van der Waals surface area contributed by atoms with Crippen molar-refractivity contribution in [3.05, 3.63) is 95.7 Å². The zero-order valence-electron chi connectivity index (χ0n) is 21.4. The van der Waals surface area contributed by atoms with Crippen LogP contribution in [0.25, 0.3) is 10.9 Å². The summed E-state index contributed by atoms with van der Waals surface area (Å²) in [7, 11) is 0. The molecule has 5 heteroatoms. The molecule has 0 bridgehead atoms. The Morgan fingerprint density at radius 2 is 1.70 bits per heavy atom. The normalized spacial score (nSPS) is 16.3. The van der Waals surface area contributed by atoms with Gasteiger partial charge >= 0.3 is 0 Å². The summed E-state index contributed by atoms with van der Waals surface area (Å²) in [5.41, 5.74) is 4.89. The molecule has 3 heterocycles. The van der Waals surface area contributed by atoms with Crippen LogP contribution >= 0.6 is 0 Å². The molecule has 5 nitrogen and oxygen atoms in total. The number of ether oxygens (including phenoxy) is 2. The van der Waals surface area contributed by atoms with Crippen LogP contribution in [0, 0.1) is 5.92 Å². The summed E-state index contributed by atoms with van der Waals surface area (Å²) in [4.78, 5) is 15.8. The van der Waals surface area contributed by atoms with Crippen LogP contribution in [-0.4, -0.2) is 35.3 Å². The molecule has 0 aliphatic carbocycles. The first kappa shape index (κ1) is 23.7. The molecule has 1 saturated heterocycles. The van der Waals surface area contributed by atoms with E-state index in [0.717, 1.165) is 56.0 Å². The van der Waals surface area contributed by atoms with Crippen molar-refractivity contribution in [1.82, 2.24) is 9.47 Å². The molecule has 1 amide bonds. The van der Waals surface area contributed by atoms with Gasteiger partial charge in [-0.25, -0.2) is 0 Å². The van der Waals surface area contributed by atoms with Crippen molar-refractivity contribution in [3.63, 3.8) is 0 Å². The Balaban J connectivity index is 1.24. The van der Waals surface area contributed by atoms with E-state index in [9.17, 15) is 4.79 Å². The van der Waals surface area contributed by atoms with E-state index in [0.29, 0.717) is 12.3 Å². The van der Waals surface area contributed by atoms with Crippen LogP contribution in [0.3, 0.4) is 0 Å². The highest BCUT2D eigenvalue weighted by atomic mass is 16.7. The Morgan fingerprint density at radius 1 is 0.946 bits per heavy atom. The zero-order valence-corrected chi connectivity index (χ0v) is 21.4. The van der Waals surface area contributed by atoms with Crippen molar-refractivity contribution in [2.75, 3.05) is 19.9 Å². The molecule has 0 N–H and O–H groups in total. The number of rotatable bonds is 7. The van der Waals surface area contributed by atoms with Crippen LogP contribution in [-0.2, 0) is 17.8 Å². The highest BCUT2D eigenvalue weighted by Crippen LogP contribution is 2.40. The second-order valence-electron chi connectivity index (χ2n) is 10.3. The van der Waals surface area contributed by atoms with E-state index in [-0.39, 0.29) is 18.6 Å². The second-order valence-corrected chi connectivity index (χ2v) is 10.3. The minimum absolute atomic E-state index is 0.0539. The number of fused-ring (bicyclic) bond motifs is 2. The molecule has 3 aromatic carbocycles. The fraction of sp³-hybridized carbons (Fsp3) is 0.344. The van der Waals surface area contributed by atoms with Gasteiger partial charge < -0.3 is 18.9 Å². The third-order valence-electron chi connectivity index (χ3n) is 8.05. The molecule has 37 heavy (non-hydrogen) atoms. The number of piperidine rings is 1. The first-order chi connectivity index (χ1) is 18.2. The van der Waals surface area contributed by atoms with E-state index in [1.807, 2.05) is 6.07 Å². The van der Waals surface area contributed by atoms with E-state index < -0.39 is 0 Å². The molecule has 2 aliphatic heterocycles. The van der Waals surface area contributed by atoms with Crippen molar-refractivity contribution < 1.29 is 14.3 Å². The maximum Gasteiger partial charge on any atom is 0.231 e. The fourth-order valence-corrected chi connectivity index (χ4v) is 5.99. The standard InChI is InChI=1S/C32H34N2O3/c1-2-33-21-28(26-10-6-7-11-29(26)33)27(25-12-13-30-31(19-25)37-22-36-30)20-32(35)34-16-14-24(15-17-34)18-23-8-4-3-5-9-23/h3-13,19,21,24,27H,2,14-18,20,22H2,1H3. The first-order valence-corrected chi connectivity index (χ1v) is 13.5. The van der Waals surface area contributed by atoms with Gasteiger partial charge in [-0.3, -0.25) is 4.79 Å². The number of hydrogen-bond acceptors (Lipinski definition) is 3. The number of nitrogens with zero attached hydrogens (tertiary/aromatic N) is 2. The molecular formula is C32H34N2O3. The summed E-state index contributed by atoms with van der Waals surface area (Å²) in [6.45, 7) is 4.96. The molecule has 0 spiro atoms. The molecule has 2 aliphatic rings. The van der Waals surface area contributed by atoms with Gasteiger partial charge in [-0.05, 0) is 67.0 Å². The highest BCUT2D eigenvalue weighted by Gasteiger charge is 2.29. The number of para-hydroxylation sites is 1. The van der Waals surface area contributed by atoms with Gasteiger partial charge in [-0.1, -0.05) is 54.6 Å². The van der Waals surface area contributed by atoms with Gasteiger partial charge in [0.2, 0.25) is 12.7 Å². The third kappa shape index (κ3) is 4.83. The predicted octanol–water partition coefficient (Wildman–Crippen LogP) is 6.39. The number of amides is 1. The topological polar surface area (TPSA) is 43.7 Å². The lowest BCUT2D eigenvalue weighted by Gasteiger charge is -2.33. The Hall–Kier alpha value is -3.73. The number of likely N-dealkylation sites (tertiary alicyclic amines) is 1. The van der Waals surface area contributed by atoms with Gasteiger partial charge in [-0.2, -0.15) is 0 Å². The maximum atomic E-state index is 13.7. The number of hydrogen-bond donors (Lipinski definition) is 0. The van der Waals surface area contributed by atoms with Crippen molar-refractivity contribution in [2.45, 2.75) is 45.1 Å². The summed E-state index contributed by atoms with van der Waals surface area (Å²) < 4.78 is 13.5. The maximum absolute atomic E-state index is 13.7. The minimum atomic E-state index is -0.0539. The molecule has 0 radical (unpaired) electrons. The van der Waals surface area contributed by atoms with E-state index in [4.69, 9.17) is 9.47 Å².